The number of hydrogen-bond acceptors (Lipinski definition) is 5. The van der Waals surface area contributed by atoms with Crippen molar-refractivity contribution < 1.29 is 24.2 Å². The van der Waals surface area contributed by atoms with E-state index in [0.29, 0.717) is 5.56 Å². The first-order valence-electron chi connectivity index (χ1n) is 6.32. The van der Waals surface area contributed by atoms with E-state index in [1.807, 2.05) is 0 Å². The molecule has 0 saturated heterocycles. The Morgan fingerprint density at radius 3 is 1.62 bits per heavy atom. The van der Waals surface area contributed by atoms with Crippen molar-refractivity contribution in [3.63, 3.8) is 0 Å². The maximum absolute atomic E-state index is 11.6. The van der Waals surface area contributed by atoms with Gasteiger partial charge in [0.15, 0.2) is 0 Å². The maximum atomic E-state index is 11.6. The van der Waals surface area contributed by atoms with Crippen LogP contribution in [0.5, 0.6) is 11.5 Å². The van der Waals surface area contributed by atoms with E-state index in [-0.39, 0.29) is 11.5 Å². The van der Waals surface area contributed by atoms with Crippen LogP contribution in [-0.2, 0) is 0 Å². The first kappa shape index (κ1) is 16.8. The zero-order valence-corrected chi connectivity index (χ0v) is 12.8. The molecule has 7 heteroatoms. The van der Waals surface area contributed by atoms with Gasteiger partial charge in [-0.1, -0.05) is 0 Å². The van der Waals surface area contributed by atoms with Gasteiger partial charge in [0.2, 0.25) is 0 Å². The standard InChI is InChI=1S/C14H20N2O5/c1-9(17)10-6-11(20-13(18)15(2)3)8-12(7-10)21-14(19)16(4)5/h6-9,17H,1-5H3/t9-/m0/s1. The Balaban J connectivity index is 3.06. The molecule has 116 valence electrons. The van der Waals surface area contributed by atoms with Crippen molar-refractivity contribution >= 4 is 12.2 Å². The maximum Gasteiger partial charge on any atom is 0.414 e. The molecule has 0 unspecified atom stereocenters. The molecule has 0 aliphatic heterocycles. The van der Waals surface area contributed by atoms with Gasteiger partial charge in [0, 0.05) is 34.3 Å². The Bertz CT molecular complexity index is 486. The topological polar surface area (TPSA) is 79.3 Å². The van der Waals surface area contributed by atoms with Gasteiger partial charge in [-0.15, -0.1) is 0 Å². The van der Waals surface area contributed by atoms with Crippen LogP contribution in [0.2, 0.25) is 0 Å². The number of carbonyl (C=O) groups is 2. The highest BCUT2D eigenvalue weighted by Crippen LogP contribution is 2.27. The van der Waals surface area contributed by atoms with Gasteiger partial charge in [0.25, 0.3) is 0 Å². The van der Waals surface area contributed by atoms with Gasteiger partial charge in [-0.25, -0.2) is 9.59 Å². The molecule has 1 atom stereocenters. The van der Waals surface area contributed by atoms with Crippen LogP contribution >= 0.6 is 0 Å². The smallest absolute Gasteiger partial charge is 0.410 e. The number of nitrogens with zero attached hydrogens (tertiary/aromatic N) is 2. The predicted octanol–water partition coefficient (Wildman–Crippen LogP) is 1.86. The van der Waals surface area contributed by atoms with Crippen LogP contribution in [0.4, 0.5) is 9.59 Å². The Labute approximate surface area is 123 Å². The normalized spacial score (nSPS) is 11.5. The molecule has 0 aromatic heterocycles. The number of benzene rings is 1. The average molecular weight is 296 g/mol. The molecule has 21 heavy (non-hydrogen) atoms. The molecule has 0 aliphatic rings. The summed E-state index contributed by atoms with van der Waals surface area (Å²) in [5.74, 6) is 0.377. The second-order valence-electron chi connectivity index (χ2n) is 4.94. The average Bonchev–Trinajstić information content (AvgIpc) is 2.37. The lowest BCUT2D eigenvalue weighted by Crippen LogP contribution is -2.26. The number of rotatable bonds is 3. The fourth-order valence-electron chi connectivity index (χ4n) is 1.34. The van der Waals surface area contributed by atoms with Crippen LogP contribution in [0.15, 0.2) is 18.2 Å². The largest absolute Gasteiger partial charge is 0.414 e. The summed E-state index contributed by atoms with van der Waals surface area (Å²) in [6.45, 7) is 1.56. The monoisotopic (exact) mass is 296 g/mol. The van der Waals surface area contributed by atoms with E-state index >= 15 is 0 Å². The van der Waals surface area contributed by atoms with E-state index in [9.17, 15) is 14.7 Å². The number of aliphatic hydroxyl groups is 1. The van der Waals surface area contributed by atoms with Crippen LogP contribution in [-0.4, -0.2) is 55.3 Å². The lowest BCUT2D eigenvalue weighted by atomic mass is 10.1. The third kappa shape index (κ3) is 4.96. The van der Waals surface area contributed by atoms with Crippen LogP contribution in [0.25, 0.3) is 0 Å². The molecule has 0 bridgehead atoms. The molecule has 1 N–H and O–H groups in total. The van der Waals surface area contributed by atoms with Crippen molar-refractivity contribution in [2.24, 2.45) is 0 Å². The van der Waals surface area contributed by atoms with Gasteiger partial charge in [0.05, 0.1) is 6.10 Å². The summed E-state index contributed by atoms with van der Waals surface area (Å²) in [4.78, 5) is 25.6. The Morgan fingerprint density at radius 1 is 0.952 bits per heavy atom. The lowest BCUT2D eigenvalue weighted by molar-refractivity contribution is 0.168. The zero-order valence-electron chi connectivity index (χ0n) is 12.8. The highest BCUT2D eigenvalue weighted by Gasteiger charge is 2.14. The molecular formula is C14H20N2O5. The van der Waals surface area contributed by atoms with Gasteiger partial charge in [-0.05, 0) is 24.6 Å². The zero-order chi connectivity index (χ0) is 16.2. The predicted molar refractivity (Wildman–Crippen MR) is 76.5 cm³/mol. The molecule has 0 saturated carbocycles. The second-order valence-corrected chi connectivity index (χ2v) is 4.94. The van der Waals surface area contributed by atoms with Gasteiger partial charge >= 0.3 is 12.2 Å². The van der Waals surface area contributed by atoms with Crippen molar-refractivity contribution in [2.45, 2.75) is 13.0 Å². The fraction of sp³-hybridized carbons (Fsp3) is 0.429. The number of amides is 2. The van der Waals surface area contributed by atoms with E-state index < -0.39 is 18.3 Å². The third-order valence-corrected chi connectivity index (χ3v) is 2.53. The molecule has 1 aromatic rings. The first-order chi connectivity index (χ1) is 9.70. The fourth-order valence-corrected chi connectivity index (χ4v) is 1.34. The lowest BCUT2D eigenvalue weighted by Gasteiger charge is -2.15. The molecule has 2 amide bonds. The van der Waals surface area contributed by atoms with E-state index in [0.717, 1.165) is 0 Å². The van der Waals surface area contributed by atoms with Gasteiger partial charge < -0.3 is 24.4 Å². The van der Waals surface area contributed by atoms with E-state index in [4.69, 9.17) is 9.47 Å². The highest BCUT2D eigenvalue weighted by molar-refractivity contribution is 5.72. The Kier molecular flexibility index (Phi) is 5.54. The summed E-state index contributed by atoms with van der Waals surface area (Å²) >= 11 is 0. The summed E-state index contributed by atoms with van der Waals surface area (Å²) in [6.07, 6.45) is -1.93. The molecular weight excluding hydrogens is 276 g/mol. The molecule has 0 heterocycles. The molecule has 1 rings (SSSR count). The number of carbonyl (C=O) groups excluding carboxylic acids is 2. The Morgan fingerprint density at radius 2 is 1.33 bits per heavy atom. The molecule has 0 fully saturated rings. The Hall–Kier alpha value is -2.28. The molecule has 7 nitrogen and oxygen atoms in total. The quantitative estimate of drug-likeness (QED) is 0.921. The van der Waals surface area contributed by atoms with Crippen molar-refractivity contribution in [3.05, 3.63) is 23.8 Å². The van der Waals surface area contributed by atoms with E-state index in [1.54, 1.807) is 35.1 Å². The number of ether oxygens (including phenoxy) is 2. The summed E-state index contributed by atoms with van der Waals surface area (Å²) < 4.78 is 10.2. The SMILES string of the molecule is C[C@H](O)c1cc(OC(=O)N(C)C)cc(OC(=O)N(C)C)c1. The minimum Gasteiger partial charge on any atom is -0.410 e. The number of hydrogen-bond donors (Lipinski definition) is 1. The van der Waals surface area contributed by atoms with Crippen molar-refractivity contribution in [3.8, 4) is 11.5 Å². The summed E-state index contributed by atoms with van der Waals surface area (Å²) in [6, 6.07) is 4.44. The van der Waals surface area contributed by atoms with Crippen LogP contribution in [0, 0.1) is 0 Å². The highest BCUT2D eigenvalue weighted by atomic mass is 16.6. The summed E-state index contributed by atoms with van der Waals surface area (Å²) in [5, 5.41) is 9.66. The van der Waals surface area contributed by atoms with E-state index in [2.05, 4.69) is 0 Å². The second kappa shape index (κ2) is 6.94. The van der Waals surface area contributed by atoms with Crippen molar-refractivity contribution in [2.75, 3.05) is 28.2 Å². The van der Waals surface area contributed by atoms with Crippen LogP contribution in [0.3, 0.4) is 0 Å². The third-order valence-electron chi connectivity index (χ3n) is 2.53. The molecule has 0 aliphatic carbocycles. The molecule has 1 aromatic carbocycles. The van der Waals surface area contributed by atoms with Crippen molar-refractivity contribution in [1.29, 1.82) is 0 Å². The van der Waals surface area contributed by atoms with Gasteiger partial charge in [-0.3, -0.25) is 0 Å². The van der Waals surface area contributed by atoms with Crippen LogP contribution in [0.1, 0.15) is 18.6 Å². The van der Waals surface area contributed by atoms with Crippen molar-refractivity contribution in [1.82, 2.24) is 9.80 Å². The van der Waals surface area contributed by atoms with E-state index in [1.165, 1.54) is 28.0 Å². The van der Waals surface area contributed by atoms with Crippen LogP contribution < -0.4 is 9.47 Å². The summed E-state index contributed by atoms with van der Waals surface area (Å²) in [5.41, 5.74) is 0.473. The molecule has 0 spiro atoms. The molecule has 0 radical (unpaired) electrons. The van der Waals surface area contributed by atoms with Gasteiger partial charge in [-0.2, -0.15) is 0 Å². The van der Waals surface area contributed by atoms with Gasteiger partial charge in [0.1, 0.15) is 11.5 Å². The first-order valence-corrected chi connectivity index (χ1v) is 6.32. The number of aliphatic hydroxyl groups excluding tert-OH is 1. The minimum absolute atomic E-state index is 0.189. The minimum atomic E-state index is -0.792. The summed E-state index contributed by atoms with van der Waals surface area (Å²) in [7, 11) is 6.20.